The van der Waals surface area contributed by atoms with Crippen LogP contribution in [0, 0.1) is 16.7 Å². The summed E-state index contributed by atoms with van der Waals surface area (Å²) in [5.41, 5.74) is 8.19. The number of nitroso groups, excluding NO2 is 1. The molecule has 2 atom stereocenters. The highest BCUT2D eigenvalue weighted by molar-refractivity contribution is 5.37. The van der Waals surface area contributed by atoms with E-state index in [1.54, 1.807) is 0 Å². The molecule has 0 saturated heterocycles. The third-order valence-electron chi connectivity index (χ3n) is 4.54. The zero-order chi connectivity index (χ0) is 15.8. The first-order valence-corrected chi connectivity index (χ1v) is 8.34. The van der Waals surface area contributed by atoms with Crippen LogP contribution in [0.4, 0.5) is 0 Å². The molecule has 3 nitrogen and oxygen atoms in total. The Hall–Kier alpha value is -1.66. The van der Waals surface area contributed by atoms with E-state index in [-0.39, 0.29) is 6.54 Å². The Balaban J connectivity index is 1.91. The van der Waals surface area contributed by atoms with Crippen LogP contribution in [-0.2, 0) is 0 Å². The summed E-state index contributed by atoms with van der Waals surface area (Å²) in [6.07, 6.45) is 7.42. The van der Waals surface area contributed by atoms with Crippen molar-refractivity contribution in [2.24, 2.45) is 10.9 Å². The molecule has 2 rings (SSSR count). The van der Waals surface area contributed by atoms with Gasteiger partial charge in [0.25, 0.3) is 0 Å². The molecule has 3 heteroatoms. The molecule has 0 bridgehead atoms. The van der Waals surface area contributed by atoms with Crippen molar-refractivity contribution in [2.75, 3.05) is 6.54 Å². The Morgan fingerprint density at radius 1 is 1.32 bits per heavy atom. The second-order valence-corrected chi connectivity index (χ2v) is 6.47. The van der Waals surface area contributed by atoms with Gasteiger partial charge in [0.15, 0.2) is 0 Å². The molecule has 0 aromatic heterocycles. The van der Waals surface area contributed by atoms with Crippen molar-refractivity contribution in [3.8, 4) is 11.8 Å². The van der Waals surface area contributed by atoms with Crippen molar-refractivity contribution < 1.29 is 0 Å². The van der Waals surface area contributed by atoms with Crippen LogP contribution in [0.15, 0.2) is 29.4 Å². The Morgan fingerprint density at radius 2 is 2.09 bits per heavy atom. The first kappa shape index (κ1) is 16.7. The molecule has 118 valence electrons. The Morgan fingerprint density at radius 3 is 2.77 bits per heavy atom. The van der Waals surface area contributed by atoms with Gasteiger partial charge in [0, 0.05) is 17.5 Å². The largest absolute Gasteiger partial charge is 0.323 e. The van der Waals surface area contributed by atoms with Crippen LogP contribution in [0.2, 0.25) is 0 Å². The summed E-state index contributed by atoms with van der Waals surface area (Å²) in [5.74, 6) is 6.91. The van der Waals surface area contributed by atoms with Crippen LogP contribution in [-0.4, -0.2) is 12.1 Å². The molecular weight excluding hydrogens is 272 g/mol. The SMILES string of the molecule is CCCCCC#Cc1ccc(C2CC[C@](N)(CN=O)C2)cc1. The second kappa shape index (κ2) is 8.10. The molecule has 1 aliphatic carbocycles. The number of hydrogen-bond donors (Lipinski definition) is 1. The number of hydrogen-bond acceptors (Lipinski definition) is 3. The third kappa shape index (κ3) is 4.68. The smallest absolute Gasteiger partial charge is 0.0990 e. The molecular formula is C19H26N2O. The molecule has 1 aromatic rings. The summed E-state index contributed by atoms with van der Waals surface area (Å²) in [4.78, 5) is 10.5. The Kier molecular flexibility index (Phi) is 6.15. The van der Waals surface area contributed by atoms with Crippen LogP contribution < -0.4 is 5.73 Å². The molecule has 22 heavy (non-hydrogen) atoms. The zero-order valence-corrected chi connectivity index (χ0v) is 13.5. The van der Waals surface area contributed by atoms with E-state index >= 15 is 0 Å². The maximum atomic E-state index is 10.5. The molecule has 1 unspecified atom stereocenters. The number of benzene rings is 1. The molecule has 2 N–H and O–H groups in total. The van der Waals surface area contributed by atoms with Crippen LogP contribution in [0.5, 0.6) is 0 Å². The molecule has 1 saturated carbocycles. The lowest BCUT2D eigenvalue weighted by Gasteiger charge is -2.20. The standard InChI is InChI=1S/C19H26N2O/c1-2-3-4-5-6-7-16-8-10-17(11-9-16)18-12-13-19(20,14-18)15-21-22/h8-11,18H,2-5,12-15,20H2,1H3/t18?,19-/m1/s1. The van der Waals surface area contributed by atoms with Gasteiger partial charge in [0.2, 0.25) is 0 Å². The van der Waals surface area contributed by atoms with Gasteiger partial charge in [-0.15, -0.1) is 0 Å². The number of nitrogens with two attached hydrogens (primary N) is 1. The molecule has 0 radical (unpaired) electrons. The molecule has 0 spiro atoms. The first-order chi connectivity index (χ1) is 10.7. The maximum Gasteiger partial charge on any atom is 0.0990 e. The van der Waals surface area contributed by atoms with E-state index in [9.17, 15) is 4.91 Å². The van der Waals surface area contributed by atoms with Gasteiger partial charge in [-0.25, -0.2) is 0 Å². The van der Waals surface area contributed by atoms with Gasteiger partial charge in [-0.2, -0.15) is 4.91 Å². The van der Waals surface area contributed by atoms with E-state index in [1.165, 1.54) is 24.8 Å². The summed E-state index contributed by atoms with van der Waals surface area (Å²) in [7, 11) is 0. The van der Waals surface area contributed by atoms with Crippen molar-refractivity contribution in [3.05, 3.63) is 40.3 Å². The highest BCUT2D eigenvalue weighted by Crippen LogP contribution is 2.39. The fourth-order valence-electron chi connectivity index (χ4n) is 3.18. The lowest BCUT2D eigenvalue weighted by molar-refractivity contribution is 0.444. The molecule has 1 aliphatic rings. The fourth-order valence-corrected chi connectivity index (χ4v) is 3.18. The van der Waals surface area contributed by atoms with Crippen LogP contribution in [0.25, 0.3) is 0 Å². The first-order valence-electron chi connectivity index (χ1n) is 8.34. The van der Waals surface area contributed by atoms with Crippen molar-refractivity contribution in [2.45, 2.75) is 63.3 Å². The van der Waals surface area contributed by atoms with Gasteiger partial charge in [-0.3, -0.25) is 0 Å². The minimum absolute atomic E-state index is 0.227. The van der Waals surface area contributed by atoms with Gasteiger partial charge in [0.1, 0.15) is 0 Å². The second-order valence-electron chi connectivity index (χ2n) is 6.47. The molecule has 0 heterocycles. The third-order valence-corrected chi connectivity index (χ3v) is 4.54. The monoisotopic (exact) mass is 298 g/mol. The average Bonchev–Trinajstić information content (AvgIpc) is 2.90. The summed E-state index contributed by atoms with van der Waals surface area (Å²) in [6.45, 7) is 2.43. The number of rotatable bonds is 6. The van der Waals surface area contributed by atoms with Crippen molar-refractivity contribution in [3.63, 3.8) is 0 Å². The van der Waals surface area contributed by atoms with Crippen LogP contribution in [0.3, 0.4) is 0 Å². The van der Waals surface area contributed by atoms with Crippen molar-refractivity contribution in [1.29, 1.82) is 0 Å². The zero-order valence-electron chi connectivity index (χ0n) is 13.5. The average molecular weight is 298 g/mol. The van der Waals surface area contributed by atoms with E-state index in [0.29, 0.717) is 5.92 Å². The highest BCUT2D eigenvalue weighted by Gasteiger charge is 2.36. The maximum absolute atomic E-state index is 10.5. The summed E-state index contributed by atoms with van der Waals surface area (Å²) in [5, 5.41) is 2.99. The van der Waals surface area contributed by atoms with Gasteiger partial charge in [-0.05, 0) is 49.3 Å². The Bertz CT molecular complexity index is 541. The highest BCUT2D eigenvalue weighted by atomic mass is 16.3. The van der Waals surface area contributed by atoms with E-state index in [1.807, 2.05) is 0 Å². The predicted molar refractivity (Wildman–Crippen MR) is 91.6 cm³/mol. The van der Waals surface area contributed by atoms with E-state index in [2.05, 4.69) is 48.2 Å². The van der Waals surface area contributed by atoms with E-state index in [4.69, 9.17) is 5.73 Å². The van der Waals surface area contributed by atoms with Gasteiger partial charge >= 0.3 is 0 Å². The molecule has 0 aliphatic heterocycles. The molecule has 0 amide bonds. The van der Waals surface area contributed by atoms with Gasteiger partial charge < -0.3 is 5.73 Å². The normalized spacial score (nSPS) is 23.8. The lowest BCUT2D eigenvalue weighted by atomic mass is 9.93. The fraction of sp³-hybridized carbons (Fsp3) is 0.579. The van der Waals surface area contributed by atoms with E-state index < -0.39 is 5.54 Å². The van der Waals surface area contributed by atoms with Crippen LogP contribution in [0.1, 0.15) is 68.9 Å². The van der Waals surface area contributed by atoms with Crippen molar-refractivity contribution >= 4 is 0 Å². The van der Waals surface area contributed by atoms with Gasteiger partial charge in [0.05, 0.1) is 6.54 Å². The topological polar surface area (TPSA) is 55.4 Å². The minimum Gasteiger partial charge on any atom is -0.323 e. The van der Waals surface area contributed by atoms with Crippen molar-refractivity contribution in [1.82, 2.24) is 0 Å². The van der Waals surface area contributed by atoms with Crippen LogP contribution >= 0.6 is 0 Å². The minimum atomic E-state index is -0.399. The lowest BCUT2D eigenvalue weighted by Crippen LogP contribution is -2.39. The number of nitrogens with zero attached hydrogens (tertiary/aromatic N) is 1. The Labute approximate surface area is 133 Å². The molecule has 1 fully saturated rings. The van der Waals surface area contributed by atoms with Gasteiger partial charge in [-0.1, -0.05) is 48.9 Å². The predicted octanol–water partition coefficient (Wildman–Crippen LogP) is 4.35. The summed E-state index contributed by atoms with van der Waals surface area (Å²) >= 11 is 0. The number of unbranched alkanes of at least 4 members (excludes halogenated alkanes) is 3. The summed E-state index contributed by atoms with van der Waals surface area (Å²) in [6, 6.07) is 8.49. The van der Waals surface area contributed by atoms with E-state index in [0.717, 1.165) is 31.2 Å². The summed E-state index contributed by atoms with van der Waals surface area (Å²) < 4.78 is 0. The molecule has 1 aromatic carbocycles. The quantitative estimate of drug-likeness (QED) is 0.482.